The van der Waals surface area contributed by atoms with Gasteiger partial charge in [-0.2, -0.15) is 0 Å². The van der Waals surface area contributed by atoms with E-state index in [1.165, 1.54) is 25.7 Å². The Balaban J connectivity index is 2.48. The van der Waals surface area contributed by atoms with E-state index >= 15 is 0 Å². The molecule has 0 heterocycles. The minimum Gasteiger partial charge on any atom is -0.146 e. The van der Waals surface area contributed by atoms with Crippen LogP contribution in [0.4, 0.5) is 0 Å². The van der Waals surface area contributed by atoms with E-state index in [1.54, 1.807) is 0 Å². The maximum atomic E-state index is 6.22. The van der Waals surface area contributed by atoms with Gasteiger partial charge in [-0.3, -0.25) is 0 Å². The third kappa shape index (κ3) is 3.50. The lowest BCUT2D eigenvalue weighted by Gasteiger charge is -2.24. The van der Waals surface area contributed by atoms with Crippen molar-refractivity contribution in [1.29, 1.82) is 0 Å². The van der Waals surface area contributed by atoms with Crippen LogP contribution in [0.3, 0.4) is 0 Å². The molecule has 0 aromatic carbocycles. The molecule has 70 valence electrons. The molecule has 1 atom stereocenters. The lowest BCUT2D eigenvalue weighted by atomic mass is 10.1. The van der Waals surface area contributed by atoms with Crippen molar-refractivity contribution in [2.45, 2.75) is 44.2 Å². The molecule has 0 fully saturated rings. The molecule has 0 radical (unpaired) electrons. The molecule has 1 unspecified atom stereocenters. The summed E-state index contributed by atoms with van der Waals surface area (Å²) in [5, 5.41) is 0. The molecule has 0 bridgehead atoms. The van der Waals surface area contributed by atoms with Crippen molar-refractivity contribution >= 4 is 28.9 Å². The molecular formula is C9H16Cl2Si. The molecule has 1 aliphatic rings. The highest BCUT2D eigenvalue weighted by atomic mass is 35.7. The van der Waals surface area contributed by atoms with Gasteiger partial charge in [-0.25, -0.2) is 0 Å². The first-order valence-electron chi connectivity index (χ1n) is 4.63. The van der Waals surface area contributed by atoms with E-state index in [2.05, 4.69) is 12.2 Å². The van der Waals surface area contributed by atoms with Crippen LogP contribution in [0.5, 0.6) is 0 Å². The predicted octanol–water partition coefficient (Wildman–Crippen LogP) is 4.43. The van der Waals surface area contributed by atoms with Crippen molar-refractivity contribution < 1.29 is 0 Å². The first kappa shape index (κ1) is 10.6. The van der Waals surface area contributed by atoms with Crippen LogP contribution in [-0.4, -0.2) is 6.69 Å². The second kappa shape index (κ2) is 4.68. The third-order valence-electron chi connectivity index (χ3n) is 2.49. The van der Waals surface area contributed by atoms with E-state index in [9.17, 15) is 0 Å². The van der Waals surface area contributed by atoms with Gasteiger partial charge in [0, 0.05) is 0 Å². The first-order chi connectivity index (χ1) is 5.61. The molecule has 0 N–H and O–H groups in total. The molecule has 12 heavy (non-hydrogen) atoms. The topological polar surface area (TPSA) is 0 Å². The van der Waals surface area contributed by atoms with E-state index in [4.69, 9.17) is 22.2 Å². The van der Waals surface area contributed by atoms with Crippen LogP contribution in [0.15, 0.2) is 12.2 Å². The molecule has 0 aromatic heterocycles. The summed E-state index contributed by atoms with van der Waals surface area (Å²) in [7, 11) is 0. The van der Waals surface area contributed by atoms with E-state index in [1.807, 2.05) is 6.55 Å². The Bertz CT molecular complexity index is 160. The smallest absolute Gasteiger partial charge is 0.146 e. The van der Waals surface area contributed by atoms with Crippen LogP contribution in [-0.2, 0) is 0 Å². The largest absolute Gasteiger partial charge is 0.251 e. The Hall–Kier alpha value is 0.537. The van der Waals surface area contributed by atoms with Gasteiger partial charge in [-0.15, -0.1) is 22.2 Å². The number of hydrogen-bond donors (Lipinski definition) is 0. The molecule has 0 spiro atoms. The van der Waals surface area contributed by atoms with Crippen molar-refractivity contribution in [1.82, 2.24) is 0 Å². The maximum Gasteiger partial charge on any atom is 0.251 e. The second-order valence-electron chi connectivity index (χ2n) is 3.63. The Kier molecular flexibility index (Phi) is 4.14. The number of halogens is 2. The van der Waals surface area contributed by atoms with Gasteiger partial charge in [0.25, 0.3) is 6.69 Å². The zero-order chi connectivity index (χ0) is 9.03. The molecule has 0 saturated carbocycles. The fraction of sp³-hybridized carbons (Fsp3) is 0.778. The summed E-state index contributed by atoms with van der Waals surface area (Å²) < 4.78 is 0. The SMILES string of the molecule is C[Si](Cl)(Cl)C1CC/C=C\CCC1. The van der Waals surface area contributed by atoms with E-state index < -0.39 is 6.69 Å². The van der Waals surface area contributed by atoms with Gasteiger partial charge in [-0.1, -0.05) is 18.6 Å². The third-order valence-corrected chi connectivity index (χ3v) is 6.35. The highest BCUT2D eigenvalue weighted by Gasteiger charge is 2.32. The summed E-state index contributed by atoms with van der Waals surface area (Å²) >= 11 is 12.4. The van der Waals surface area contributed by atoms with E-state index in [0.717, 1.165) is 6.42 Å². The van der Waals surface area contributed by atoms with Crippen molar-refractivity contribution in [3.8, 4) is 0 Å². The molecule has 0 saturated heterocycles. The first-order valence-corrected chi connectivity index (χ1v) is 9.23. The van der Waals surface area contributed by atoms with E-state index in [0.29, 0.717) is 5.54 Å². The van der Waals surface area contributed by atoms with Crippen molar-refractivity contribution in [2.75, 3.05) is 0 Å². The average Bonchev–Trinajstić information content (AvgIpc) is 1.81. The summed E-state index contributed by atoms with van der Waals surface area (Å²) in [6.07, 6.45) is 10.6. The van der Waals surface area contributed by atoms with Crippen LogP contribution in [0, 0.1) is 0 Å². The van der Waals surface area contributed by atoms with Crippen molar-refractivity contribution in [2.24, 2.45) is 0 Å². The lowest BCUT2D eigenvalue weighted by molar-refractivity contribution is 0.628. The fourth-order valence-corrected chi connectivity index (χ4v) is 4.36. The van der Waals surface area contributed by atoms with Gasteiger partial charge in [0.1, 0.15) is 0 Å². The maximum absolute atomic E-state index is 6.22. The Morgan fingerprint density at radius 2 is 1.83 bits per heavy atom. The molecule has 0 aromatic rings. The van der Waals surface area contributed by atoms with Gasteiger partial charge in [0.05, 0.1) is 0 Å². The molecule has 0 aliphatic heterocycles. The molecule has 3 heteroatoms. The van der Waals surface area contributed by atoms with Crippen LogP contribution in [0.1, 0.15) is 32.1 Å². The van der Waals surface area contributed by atoms with Gasteiger partial charge in [0.15, 0.2) is 0 Å². The zero-order valence-corrected chi connectivity index (χ0v) is 10.0. The van der Waals surface area contributed by atoms with Crippen LogP contribution < -0.4 is 0 Å². The van der Waals surface area contributed by atoms with Crippen LogP contribution >= 0.6 is 22.2 Å². The van der Waals surface area contributed by atoms with Crippen molar-refractivity contribution in [3.05, 3.63) is 12.2 Å². The Labute approximate surface area is 85.4 Å². The lowest BCUT2D eigenvalue weighted by Crippen LogP contribution is -2.22. The second-order valence-corrected chi connectivity index (χ2v) is 11.7. The summed E-state index contributed by atoms with van der Waals surface area (Å²) in [5.74, 6) is 0. The number of hydrogen-bond acceptors (Lipinski definition) is 0. The normalized spacial score (nSPS) is 29.1. The summed E-state index contributed by atoms with van der Waals surface area (Å²) in [6, 6.07) is 0. The molecule has 1 aliphatic carbocycles. The summed E-state index contributed by atoms with van der Waals surface area (Å²) in [6.45, 7) is 0.147. The average molecular weight is 223 g/mol. The monoisotopic (exact) mass is 222 g/mol. The molecule has 0 nitrogen and oxygen atoms in total. The number of rotatable bonds is 1. The summed E-state index contributed by atoms with van der Waals surface area (Å²) in [5.41, 5.74) is 0.603. The fourth-order valence-electron chi connectivity index (χ4n) is 1.67. The Morgan fingerprint density at radius 3 is 2.50 bits per heavy atom. The zero-order valence-electron chi connectivity index (χ0n) is 7.52. The molecular weight excluding hydrogens is 207 g/mol. The van der Waals surface area contributed by atoms with Crippen LogP contribution in [0.25, 0.3) is 0 Å². The van der Waals surface area contributed by atoms with E-state index in [-0.39, 0.29) is 0 Å². The Morgan fingerprint density at radius 1 is 1.17 bits per heavy atom. The minimum atomic E-state index is -1.90. The number of allylic oxidation sites excluding steroid dienone is 2. The highest BCUT2D eigenvalue weighted by molar-refractivity contribution is 7.45. The summed E-state index contributed by atoms with van der Waals surface area (Å²) in [4.78, 5) is 0. The predicted molar refractivity (Wildman–Crippen MR) is 59.3 cm³/mol. The van der Waals surface area contributed by atoms with Gasteiger partial charge >= 0.3 is 0 Å². The molecule has 1 rings (SSSR count). The van der Waals surface area contributed by atoms with Crippen molar-refractivity contribution in [3.63, 3.8) is 0 Å². The van der Waals surface area contributed by atoms with Gasteiger partial charge < -0.3 is 0 Å². The van der Waals surface area contributed by atoms with Gasteiger partial charge in [-0.05, 0) is 37.8 Å². The quantitative estimate of drug-likeness (QED) is 0.350. The highest BCUT2D eigenvalue weighted by Crippen LogP contribution is 2.38. The molecule has 0 amide bonds. The standard InChI is InChI=1S/C9H16Cl2Si/c1-12(10,11)9-7-5-3-2-4-6-8-9/h2-3,9H,4-8H2,1H3/b3-2-. The van der Waals surface area contributed by atoms with Crippen LogP contribution in [0.2, 0.25) is 12.1 Å². The minimum absolute atomic E-state index is 0.603. The van der Waals surface area contributed by atoms with Gasteiger partial charge in [0.2, 0.25) is 0 Å².